The van der Waals surface area contributed by atoms with Crippen LogP contribution in [0.15, 0.2) is 18.2 Å². The Balaban J connectivity index is 2.96. The third-order valence-corrected chi connectivity index (χ3v) is 3.13. The maximum Gasteiger partial charge on any atom is 0.323 e. The average molecular weight is 253 g/mol. The largest absolute Gasteiger partial charge is 0.508 e. The number of benzene rings is 1. The number of phenols is 2. The molecule has 0 saturated carbocycles. The highest BCUT2D eigenvalue weighted by atomic mass is 16.4. The first-order valence-electron chi connectivity index (χ1n) is 5.78. The van der Waals surface area contributed by atoms with E-state index in [1.54, 1.807) is 24.8 Å². The van der Waals surface area contributed by atoms with Crippen molar-refractivity contribution in [3.8, 4) is 11.5 Å². The van der Waals surface area contributed by atoms with Crippen molar-refractivity contribution >= 4 is 5.97 Å². The molecule has 0 spiro atoms. The summed E-state index contributed by atoms with van der Waals surface area (Å²) in [5, 5.41) is 28.1. The standard InChI is InChI=1S/C13H19NO4/c1-4-14(13(2,3)12(17)18)8-9-5-6-10(15)7-11(9)16/h5-7,15-16H,4,8H2,1-3H3,(H,17,18). The van der Waals surface area contributed by atoms with Crippen molar-refractivity contribution < 1.29 is 20.1 Å². The Labute approximate surface area is 106 Å². The Hall–Kier alpha value is -1.75. The second kappa shape index (κ2) is 5.27. The molecule has 0 radical (unpaired) electrons. The minimum Gasteiger partial charge on any atom is -0.508 e. The average Bonchev–Trinajstić information content (AvgIpc) is 2.27. The zero-order valence-corrected chi connectivity index (χ0v) is 10.8. The highest BCUT2D eigenvalue weighted by Crippen LogP contribution is 2.26. The topological polar surface area (TPSA) is 81.0 Å². The van der Waals surface area contributed by atoms with Gasteiger partial charge in [-0.15, -0.1) is 0 Å². The lowest BCUT2D eigenvalue weighted by Crippen LogP contribution is -2.49. The van der Waals surface area contributed by atoms with Gasteiger partial charge in [-0.3, -0.25) is 9.69 Å². The van der Waals surface area contributed by atoms with Gasteiger partial charge in [0.25, 0.3) is 0 Å². The highest BCUT2D eigenvalue weighted by molar-refractivity contribution is 5.77. The lowest BCUT2D eigenvalue weighted by Gasteiger charge is -2.34. The maximum absolute atomic E-state index is 11.2. The zero-order valence-electron chi connectivity index (χ0n) is 10.8. The van der Waals surface area contributed by atoms with Crippen LogP contribution in [0.1, 0.15) is 26.3 Å². The summed E-state index contributed by atoms with van der Waals surface area (Å²) in [4.78, 5) is 12.9. The summed E-state index contributed by atoms with van der Waals surface area (Å²) >= 11 is 0. The van der Waals surface area contributed by atoms with Gasteiger partial charge in [0.1, 0.15) is 17.0 Å². The number of nitrogens with zero attached hydrogens (tertiary/aromatic N) is 1. The van der Waals surface area contributed by atoms with E-state index < -0.39 is 11.5 Å². The summed E-state index contributed by atoms with van der Waals surface area (Å²) in [5.74, 6) is -0.964. The van der Waals surface area contributed by atoms with Crippen LogP contribution >= 0.6 is 0 Å². The Morgan fingerprint density at radius 3 is 2.39 bits per heavy atom. The summed E-state index contributed by atoms with van der Waals surface area (Å²) in [6.07, 6.45) is 0. The monoisotopic (exact) mass is 253 g/mol. The molecule has 0 saturated heterocycles. The molecule has 1 aromatic rings. The number of aromatic hydroxyl groups is 2. The number of rotatable bonds is 5. The normalized spacial score (nSPS) is 11.8. The van der Waals surface area contributed by atoms with E-state index >= 15 is 0 Å². The van der Waals surface area contributed by atoms with Gasteiger partial charge in [-0.1, -0.05) is 13.0 Å². The van der Waals surface area contributed by atoms with Crippen molar-refractivity contribution in [3.05, 3.63) is 23.8 Å². The SMILES string of the molecule is CCN(Cc1ccc(O)cc1O)C(C)(C)C(=O)O. The number of carboxylic acid groups (broad SMARTS) is 1. The molecule has 0 unspecified atom stereocenters. The van der Waals surface area contributed by atoms with Crippen molar-refractivity contribution in [3.63, 3.8) is 0 Å². The predicted molar refractivity (Wildman–Crippen MR) is 67.6 cm³/mol. The predicted octanol–water partition coefficient (Wildman–Crippen LogP) is 1.78. The second-order valence-corrected chi connectivity index (χ2v) is 4.69. The molecule has 0 amide bonds. The molecule has 0 aliphatic carbocycles. The van der Waals surface area contributed by atoms with Gasteiger partial charge in [0, 0.05) is 18.2 Å². The number of phenolic OH excluding ortho intramolecular Hbond substituents is 2. The number of carboxylic acids is 1. The lowest BCUT2D eigenvalue weighted by molar-refractivity contribution is -0.149. The quantitative estimate of drug-likeness (QED) is 0.745. The van der Waals surface area contributed by atoms with Crippen molar-refractivity contribution in [2.75, 3.05) is 6.54 Å². The molecule has 5 heteroatoms. The van der Waals surface area contributed by atoms with Gasteiger partial charge < -0.3 is 15.3 Å². The molecule has 0 heterocycles. The van der Waals surface area contributed by atoms with E-state index in [0.29, 0.717) is 18.7 Å². The Bertz CT molecular complexity index is 443. The summed E-state index contributed by atoms with van der Waals surface area (Å²) in [6, 6.07) is 4.30. The fourth-order valence-corrected chi connectivity index (χ4v) is 1.73. The fraction of sp³-hybridized carbons (Fsp3) is 0.462. The smallest absolute Gasteiger partial charge is 0.323 e. The third kappa shape index (κ3) is 2.92. The van der Waals surface area contributed by atoms with Gasteiger partial charge in [0.05, 0.1) is 0 Å². The molecule has 1 aromatic carbocycles. The van der Waals surface area contributed by atoms with Crippen LogP contribution in [0.4, 0.5) is 0 Å². The molecular formula is C13H19NO4. The van der Waals surface area contributed by atoms with Crippen molar-refractivity contribution in [1.29, 1.82) is 0 Å². The summed E-state index contributed by atoms with van der Waals surface area (Å²) in [7, 11) is 0. The molecule has 3 N–H and O–H groups in total. The minimum absolute atomic E-state index is 0.0169. The first-order chi connectivity index (χ1) is 8.28. The molecule has 0 bridgehead atoms. The van der Waals surface area contributed by atoms with Crippen LogP contribution in [0, 0.1) is 0 Å². The maximum atomic E-state index is 11.2. The summed E-state index contributed by atoms with van der Waals surface area (Å²) in [6.45, 7) is 5.95. The molecule has 100 valence electrons. The molecule has 0 aliphatic heterocycles. The van der Waals surface area contributed by atoms with Crippen LogP contribution in [0.5, 0.6) is 11.5 Å². The number of carbonyl (C=O) groups is 1. The van der Waals surface area contributed by atoms with Gasteiger partial charge >= 0.3 is 5.97 Å². The summed E-state index contributed by atoms with van der Waals surface area (Å²) in [5.41, 5.74) is -0.428. The van der Waals surface area contributed by atoms with Crippen LogP contribution < -0.4 is 0 Å². The van der Waals surface area contributed by atoms with E-state index in [1.165, 1.54) is 12.1 Å². The first kappa shape index (κ1) is 14.3. The Morgan fingerprint density at radius 1 is 1.33 bits per heavy atom. The highest BCUT2D eigenvalue weighted by Gasteiger charge is 2.33. The van der Waals surface area contributed by atoms with Crippen LogP contribution in [0.3, 0.4) is 0 Å². The number of hydrogen-bond donors (Lipinski definition) is 3. The Kier molecular flexibility index (Phi) is 4.19. The Morgan fingerprint density at radius 2 is 1.94 bits per heavy atom. The molecular weight excluding hydrogens is 234 g/mol. The zero-order chi connectivity index (χ0) is 13.9. The molecule has 1 rings (SSSR count). The number of hydrogen-bond acceptors (Lipinski definition) is 4. The molecule has 0 aliphatic rings. The lowest BCUT2D eigenvalue weighted by atomic mass is 10.0. The van der Waals surface area contributed by atoms with E-state index in [4.69, 9.17) is 0 Å². The van der Waals surface area contributed by atoms with Gasteiger partial charge in [0.2, 0.25) is 0 Å². The van der Waals surface area contributed by atoms with Crippen LogP contribution in [-0.2, 0) is 11.3 Å². The van der Waals surface area contributed by atoms with Crippen LogP contribution in [0.2, 0.25) is 0 Å². The first-order valence-corrected chi connectivity index (χ1v) is 5.78. The van der Waals surface area contributed by atoms with E-state index in [9.17, 15) is 20.1 Å². The molecule has 0 fully saturated rings. The van der Waals surface area contributed by atoms with Gasteiger partial charge in [-0.25, -0.2) is 0 Å². The summed E-state index contributed by atoms with van der Waals surface area (Å²) < 4.78 is 0. The molecule has 18 heavy (non-hydrogen) atoms. The molecule has 0 aromatic heterocycles. The van der Waals surface area contributed by atoms with Crippen molar-refractivity contribution in [2.24, 2.45) is 0 Å². The van der Waals surface area contributed by atoms with E-state index in [2.05, 4.69) is 0 Å². The number of likely N-dealkylation sites (N-methyl/N-ethyl adjacent to an activating group) is 1. The third-order valence-electron chi connectivity index (χ3n) is 3.13. The minimum atomic E-state index is -1.01. The van der Waals surface area contributed by atoms with Gasteiger partial charge in [0.15, 0.2) is 0 Å². The van der Waals surface area contributed by atoms with Crippen molar-refractivity contribution in [2.45, 2.75) is 32.9 Å². The van der Waals surface area contributed by atoms with E-state index in [1.807, 2.05) is 6.92 Å². The van der Waals surface area contributed by atoms with Crippen LogP contribution in [-0.4, -0.2) is 38.3 Å². The van der Waals surface area contributed by atoms with Crippen LogP contribution in [0.25, 0.3) is 0 Å². The van der Waals surface area contributed by atoms with E-state index in [0.717, 1.165) is 0 Å². The number of aliphatic carboxylic acids is 1. The van der Waals surface area contributed by atoms with Gasteiger partial charge in [-0.05, 0) is 26.5 Å². The van der Waals surface area contributed by atoms with Crippen molar-refractivity contribution in [1.82, 2.24) is 4.90 Å². The fourth-order valence-electron chi connectivity index (χ4n) is 1.73. The second-order valence-electron chi connectivity index (χ2n) is 4.69. The molecule has 0 atom stereocenters. The van der Waals surface area contributed by atoms with E-state index in [-0.39, 0.29) is 11.5 Å². The molecule has 5 nitrogen and oxygen atoms in total. The van der Waals surface area contributed by atoms with Gasteiger partial charge in [-0.2, -0.15) is 0 Å².